The zero-order chi connectivity index (χ0) is 16.7. The summed E-state index contributed by atoms with van der Waals surface area (Å²) in [6.45, 7) is 0. The molecule has 2 aliphatic rings. The van der Waals surface area contributed by atoms with Crippen molar-refractivity contribution in [3.63, 3.8) is 0 Å². The van der Waals surface area contributed by atoms with E-state index in [-0.39, 0.29) is 0 Å². The Hall–Kier alpha value is -1.03. The molecule has 5 nitrogen and oxygen atoms in total. The van der Waals surface area contributed by atoms with E-state index in [0.29, 0.717) is 26.1 Å². The van der Waals surface area contributed by atoms with E-state index in [1.165, 1.54) is 11.4 Å². The van der Waals surface area contributed by atoms with Crippen LogP contribution in [0.25, 0.3) is 0 Å². The number of rotatable bonds is 2. The highest BCUT2D eigenvalue weighted by molar-refractivity contribution is 8.55. The molecule has 10 heteroatoms. The van der Waals surface area contributed by atoms with Crippen molar-refractivity contribution < 1.29 is 4.57 Å². The van der Waals surface area contributed by atoms with Crippen LogP contribution in [-0.4, -0.2) is 9.95 Å². The Morgan fingerprint density at radius 2 is 2.00 bits per heavy atom. The van der Waals surface area contributed by atoms with Crippen LogP contribution in [0, 0.1) is 0 Å². The van der Waals surface area contributed by atoms with Crippen LogP contribution in [-0.2, 0) is 4.57 Å². The first-order valence-corrected chi connectivity index (χ1v) is 11.7. The summed E-state index contributed by atoms with van der Waals surface area (Å²) >= 11 is 13.8. The molecular formula is C14H10Cl2N4OP2S. The molecule has 24 heavy (non-hydrogen) atoms. The molecule has 0 spiro atoms. The quantitative estimate of drug-likeness (QED) is 0.661. The molecule has 0 aromatic heterocycles. The number of hydrazone groups is 1. The van der Waals surface area contributed by atoms with E-state index < -0.39 is 13.1 Å². The minimum atomic E-state index is -3.17. The fourth-order valence-electron chi connectivity index (χ4n) is 2.60. The maximum Gasteiger partial charge on any atom is 0.249 e. The lowest BCUT2D eigenvalue weighted by Gasteiger charge is -2.36. The Kier molecular flexibility index (Phi) is 4.36. The second kappa shape index (κ2) is 6.36. The van der Waals surface area contributed by atoms with Gasteiger partial charge < -0.3 is 0 Å². The summed E-state index contributed by atoms with van der Waals surface area (Å²) in [5, 5.41) is 6.59. The third-order valence-corrected chi connectivity index (χ3v) is 9.24. The van der Waals surface area contributed by atoms with Crippen molar-refractivity contribution in [2.75, 3.05) is 0 Å². The van der Waals surface area contributed by atoms with Gasteiger partial charge in [0, 0.05) is 20.9 Å². The molecule has 0 saturated heterocycles. The van der Waals surface area contributed by atoms with Crippen LogP contribution in [0.4, 0.5) is 0 Å². The van der Waals surface area contributed by atoms with E-state index in [2.05, 4.69) is 15.4 Å². The Balaban J connectivity index is 1.92. The molecule has 2 heterocycles. The van der Waals surface area contributed by atoms with Crippen LogP contribution in [0.5, 0.6) is 0 Å². The van der Waals surface area contributed by atoms with Gasteiger partial charge in [-0.3, -0.25) is 9.99 Å². The highest BCUT2D eigenvalue weighted by Gasteiger charge is 2.49. The van der Waals surface area contributed by atoms with Gasteiger partial charge in [0.15, 0.2) is 0 Å². The van der Waals surface area contributed by atoms with Gasteiger partial charge in [0.05, 0.1) is 0 Å². The molecule has 2 atom stereocenters. The smallest absolute Gasteiger partial charge is 0.249 e. The predicted octanol–water partition coefficient (Wildman–Crippen LogP) is 5.48. The van der Waals surface area contributed by atoms with Crippen LogP contribution in [0.2, 0.25) is 10.0 Å². The van der Waals surface area contributed by atoms with Gasteiger partial charge in [-0.1, -0.05) is 47.5 Å². The van der Waals surface area contributed by atoms with Gasteiger partial charge in [-0.15, -0.1) is 4.85 Å². The third-order valence-electron chi connectivity index (χ3n) is 3.71. The van der Waals surface area contributed by atoms with Gasteiger partial charge in [-0.05, 0) is 35.6 Å². The summed E-state index contributed by atoms with van der Waals surface area (Å²) in [6, 6.07) is 14.5. The lowest BCUT2D eigenvalue weighted by molar-refractivity contribution is 0.498. The monoisotopic (exact) mass is 414 g/mol. The molecule has 0 fully saturated rings. The van der Waals surface area contributed by atoms with E-state index in [4.69, 9.17) is 23.2 Å². The maximum atomic E-state index is 14.2. The van der Waals surface area contributed by atoms with Gasteiger partial charge in [-0.2, -0.15) is 9.88 Å². The van der Waals surface area contributed by atoms with Crippen LogP contribution >= 0.6 is 49.5 Å². The molecule has 2 aromatic rings. The van der Waals surface area contributed by atoms with Crippen molar-refractivity contribution in [2.45, 2.75) is 5.78 Å². The number of fused-ring (bicyclic) bond motifs is 1. The number of benzene rings is 2. The van der Waals surface area contributed by atoms with Gasteiger partial charge in [0.2, 0.25) is 12.5 Å². The Labute approximate surface area is 154 Å². The zero-order valence-electron chi connectivity index (χ0n) is 12.0. The third kappa shape index (κ3) is 2.58. The number of amidine groups is 1. The van der Waals surface area contributed by atoms with E-state index in [9.17, 15) is 4.57 Å². The Bertz CT molecular complexity index is 909. The van der Waals surface area contributed by atoms with Crippen molar-refractivity contribution in [3.8, 4) is 0 Å². The normalized spacial score (nSPS) is 25.8. The van der Waals surface area contributed by atoms with E-state index in [1.807, 2.05) is 30.3 Å². The van der Waals surface area contributed by atoms with Crippen molar-refractivity contribution >= 4 is 59.9 Å². The Morgan fingerprint density at radius 1 is 1.21 bits per heavy atom. The number of nitrogens with zero attached hydrogens (tertiary/aromatic N) is 3. The van der Waals surface area contributed by atoms with Gasteiger partial charge in [-0.25, -0.2) is 0 Å². The first-order chi connectivity index (χ1) is 11.6. The lowest BCUT2D eigenvalue weighted by atomic mass is 10.2. The van der Waals surface area contributed by atoms with Gasteiger partial charge in [0.25, 0.3) is 0 Å². The SMILES string of the molecule is O=P1(c2ccccc2)C(c2ccc(Cl)cc2Cl)NN=C2SP=NN21. The van der Waals surface area contributed by atoms with Crippen molar-refractivity contribution in [1.29, 1.82) is 0 Å². The maximum absolute atomic E-state index is 14.2. The van der Waals surface area contributed by atoms with Crippen molar-refractivity contribution in [3.05, 3.63) is 64.1 Å². The molecule has 2 aliphatic heterocycles. The molecule has 2 unspecified atom stereocenters. The van der Waals surface area contributed by atoms with Crippen LogP contribution < -0.4 is 10.7 Å². The molecule has 122 valence electrons. The number of hydrogen-bond acceptors (Lipinski definition) is 5. The fourth-order valence-corrected chi connectivity index (χ4v) is 8.52. The summed E-state index contributed by atoms with van der Waals surface area (Å²) in [4.78, 5) is 4.38. The molecule has 4 rings (SSSR count). The summed E-state index contributed by atoms with van der Waals surface area (Å²) in [5.74, 6) is -0.605. The number of nitrogens with one attached hydrogen (secondary N) is 1. The van der Waals surface area contributed by atoms with Crippen molar-refractivity contribution in [1.82, 2.24) is 10.2 Å². The lowest BCUT2D eigenvalue weighted by Crippen LogP contribution is -2.37. The first-order valence-electron chi connectivity index (χ1n) is 6.93. The number of hydrogen-bond donors (Lipinski definition) is 1. The molecule has 2 aromatic carbocycles. The average Bonchev–Trinajstić information content (AvgIpc) is 3.07. The van der Waals surface area contributed by atoms with E-state index >= 15 is 0 Å². The molecular weight excluding hydrogens is 405 g/mol. The summed E-state index contributed by atoms with van der Waals surface area (Å²) in [6.07, 6.45) is 0. The molecule has 0 saturated carbocycles. The zero-order valence-corrected chi connectivity index (χ0v) is 16.1. The Morgan fingerprint density at radius 3 is 2.75 bits per heavy atom. The first kappa shape index (κ1) is 16.4. The molecule has 0 radical (unpaired) electrons. The standard InChI is InChI=1S/C14H10Cl2N4OP2S/c15-9-6-7-11(12(16)8-9)13-17-18-14-20(19-22-24-14)23(13,21)10-4-2-1-3-5-10/h1-8,13,17H. The largest absolute Gasteiger partial charge is 0.291 e. The van der Waals surface area contributed by atoms with E-state index in [1.54, 1.807) is 23.0 Å². The number of halogens is 2. The van der Waals surface area contributed by atoms with Gasteiger partial charge >= 0.3 is 0 Å². The summed E-state index contributed by atoms with van der Waals surface area (Å²) < 4.78 is 15.8. The van der Waals surface area contributed by atoms with Crippen LogP contribution in [0.1, 0.15) is 11.3 Å². The molecule has 0 amide bonds. The predicted molar refractivity (Wildman–Crippen MR) is 102 cm³/mol. The fraction of sp³-hybridized carbons (Fsp3) is 0.0714. The molecule has 1 N–H and O–H groups in total. The second-order valence-electron chi connectivity index (χ2n) is 5.10. The minimum absolute atomic E-state index is 0.444. The van der Waals surface area contributed by atoms with Gasteiger partial charge in [0.1, 0.15) is 13.4 Å². The van der Waals surface area contributed by atoms with Crippen LogP contribution in [0.15, 0.2) is 58.5 Å². The minimum Gasteiger partial charge on any atom is -0.291 e. The van der Waals surface area contributed by atoms with E-state index in [0.717, 1.165) is 7.57 Å². The summed E-state index contributed by atoms with van der Waals surface area (Å²) in [5.41, 5.74) is 3.71. The second-order valence-corrected chi connectivity index (χ2v) is 10.5. The summed E-state index contributed by atoms with van der Waals surface area (Å²) in [7, 11) is -2.43. The molecule has 0 aliphatic carbocycles. The highest BCUT2D eigenvalue weighted by Crippen LogP contribution is 2.65. The topological polar surface area (TPSA) is 57.1 Å². The van der Waals surface area contributed by atoms with Crippen LogP contribution in [0.3, 0.4) is 0 Å². The highest BCUT2D eigenvalue weighted by atomic mass is 35.5. The van der Waals surface area contributed by atoms with Crippen molar-refractivity contribution in [2.24, 2.45) is 9.96 Å². The average molecular weight is 415 g/mol. The molecule has 0 bridgehead atoms.